The highest BCUT2D eigenvalue weighted by Gasteiger charge is 2.13. The maximum Gasteiger partial charge on any atom is 0.280 e. The molecule has 5 nitrogen and oxygen atoms in total. The molecule has 0 unspecified atom stereocenters. The summed E-state index contributed by atoms with van der Waals surface area (Å²) in [4.78, 5) is 31.3. The molecule has 1 rings (SSSR count). The van der Waals surface area contributed by atoms with Crippen molar-refractivity contribution >= 4 is 5.91 Å². The monoisotopic (exact) mass is 264 g/mol. The molecule has 0 aliphatic carbocycles. The summed E-state index contributed by atoms with van der Waals surface area (Å²) in [5.41, 5.74) is 3.78. The molecule has 0 radical (unpaired) electrons. The van der Waals surface area contributed by atoms with Crippen molar-refractivity contribution in [1.29, 1.82) is 0 Å². The predicted octanol–water partition coefficient (Wildman–Crippen LogP) is 1.74. The number of hydrogen-bond donors (Lipinski definition) is 2. The second-order valence-corrected chi connectivity index (χ2v) is 4.15. The molecule has 19 heavy (non-hydrogen) atoms. The van der Waals surface area contributed by atoms with E-state index < -0.39 is 5.91 Å². The van der Waals surface area contributed by atoms with Gasteiger partial charge in [0, 0.05) is 5.69 Å². The molecule has 0 fully saturated rings. The average Bonchev–Trinajstić information content (AvgIpc) is 2.39. The van der Waals surface area contributed by atoms with Gasteiger partial charge in [-0.25, -0.2) is 5.48 Å². The minimum absolute atomic E-state index is 0.0702. The van der Waals surface area contributed by atoms with Crippen molar-refractivity contribution in [3.63, 3.8) is 0 Å². The fraction of sp³-hybridized carbons (Fsp3) is 0.429. The normalized spacial score (nSPS) is 10.2. The van der Waals surface area contributed by atoms with Crippen LogP contribution in [0.4, 0.5) is 0 Å². The number of hydrogen-bond acceptors (Lipinski definition) is 3. The van der Waals surface area contributed by atoms with Crippen molar-refractivity contribution in [1.82, 2.24) is 10.5 Å². The van der Waals surface area contributed by atoms with Crippen molar-refractivity contribution in [2.75, 3.05) is 6.61 Å². The van der Waals surface area contributed by atoms with E-state index in [9.17, 15) is 9.59 Å². The summed E-state index contributed by atoms with van der Waals surface area (Å²) < 4.78 is 0. The summed E-state index contributed by atoms with van der Waals surface area (Å²) in [6.07, 6.45) is 4.01. The lowest BCUT2D eigenvalue weighted by Crippen LogP contribution is -2.30. The Balaban J connectivity index is 2.98. The molecule has 0 aromatic carbocycles. The van der Waals surface area contributed by atoms with E-state index in [-0.39, 0.29) is 17.7 Å². The van der Waals surface area contributed by atoms with Gasteiger partial charge in [0.25, 0.3) is 11.5 Å². The maximum absolute atomic E-state index is 11.9. The van der Waals surface area contributed by atoms with Crippen LogP contribution in [-0.2, 0) is 17.7 Å². The van der Waals surface area contributed by atoms with Crippen LogP contribution in [0.1, 0.15) is 41.9 Å². The van der Waals surface area contributed by atoms with Crippen LogP contribution in [-0.4, -0.2) is 17.5 Å². The van der Waals surface area contributed by atoms with Crippen LogP contribution in [0.2, 0.25) is 0 Å². The van der Waals surface area contributed by atoms with Gasteiger partial charge >= 0.3 is 0 Å². The number of nitrogens with one attached hydrogen (secondary N) is 2. The van der Waals surface area contributed by atoms with Crippen molar-refractivity contribution in [3.05, 3.63) is 45.9 Å². The van der Waals surface area contributed by atoms with Gasteiger partial charge in [0.1, 0.15) is 5.56 Å². The Hall–Kier alpha value is -1.88. The van der Waals surface area contributed by atoms with Gasteiger partial charge in [-0.15, -0.1) is 6.58 Å². The highest BCUT2D eigenvalue weighted by Crippen LogP contribution is 2.09. The molecular weight excluding hydrogens is 244 g/mol. The molecule has 5 heteroatoms. The number of hydroxylamine groups is 1. The van der Waals surface area contributed by atoms with E-state index in [1.165, 1.54) is 6.08 Å². The molecule has 2 N–H and O–H groups in total. The van der Waals surface area contributed by atoms with Crippen molar-refractivity contribution < 1.29 is 9.63 Å². The molecule has 0 spiro atoms. The average molecular weight is 264 g/mol. The number of pyridine rings is 1. The third-order valence-corrected chi connectivity index (χ3v) is 2.71. The van der Waals surface area contributed by atoms with Gasteiger partial charge in [-0.2, -0.15) is 0 Å². The first-order valence-electron chi connectivity index (χ1n) is 6.42. The predicted molar refractivity (Wildman–Crippen MR) is 74.1 cm³/mol. The maximum atomic E-state index is 11.9. The third kappa shape index (κ3) is 4.06. The van der Waals surface area contributed by atoms with E-state index in [1.807, 2.05) is 13.8 Å². The van der Waals surface area contributed by atoms with E-state index >= 15 is 0 Å². The zero-order valence-electron chi connectivity index (χ0n) is 11.4. The molecule has 1 aromatic rings. The lowest BCUT2D eigenvalue weighted by atomic mass is 10.0. The summed E-state index contributed by atoms with van der Waals surface area (Å²) >= 11 is 0. The van der Waals surface area contributed by atoms with Crippen LogP contribution >= 0.6 is 0 Å². The lowest BCUT2D eigenvalue weighted by molar-refractivity contribution is 0.0420. The molecule has 0 saturated heterocycles. The van der Waals surface area contributed by atoms with Crippen LogP contribution in [0, 0.1) is 0 Å². The molecule has 1 amide bonds. The Morgan fingerprint density at radius 3 is 2.84 bits per heavy atom. The first-order chi connectivity index (χ1) is 9.13. The van der Waals surface area contributed by atoms with Crippen LogP contribution in [0.5, 0.6) is 0 Å². The molecule has 0 bridgehead atoms. The second kappa shape index (κ2) is 7.53. The summed E-state index contributed by atoms with van der Waals surface area (Å²) in [5, 5.41) is 0. The van der Waals surface area contributed by atoms with Crippen molar-refractivity contribution in [2.45, 2.75) is 33.1 Å². The number of aromatic nitrogens is 1. The quantitative estimate of drug-likeness (QED) is 0.447. The standard InChI is InChI=1S/C14H20N2O3/c1-4-7-12-10(6-3)9-11(13(17)15-12)14(18)16-19-8-5-2/h5,9H,2,4,6-8H2,1,3H3,(H,15,17)(H,16,18). The summed E-state index contributed by atoms with van der Waals surface area (Å²) in [5.74, 6) is -0.541. The molecule has 0 aliphatic heterocycles. The van der Waals surface area contributed by atoms with Crippen LogP contribution in [0.25, 0.3) is 0 Å². The van der Waals surface area contributed by atoms with Crippen LogP contribution in [0.15, 0.2) is 23.5 Å². The zero-order chi connectivity index (χ0) is 14.3. The van der Waals surface area contributed by atoms with Crippen molar-refractivity contribution in [2.24, 2.45) is 0 Å². The van der Waals surface area contributed by atoms with E-state index in [4.69, 9.17) is 4.84 Å². The van der Waals surface area contributed by atoms with Gasteiger partial charge in [0.05, 0.1) is 6.61 Å². The van der Waals surface area contributed by atoms with Crippen LogP contribution in [0.3, 0.4) is 0 Å². The molecule has 0 saturated carbocycles. The minimum atomic E-state index is -0.541. The summed E-state index contributed by atoms with van der Waals surface area (Å²) in [6, 6.07) is 1.64. The Labute approximate surface area is 112 Å². The highest BCUT2D eigenvalue weighted by atomic mass is 16.6. The van der Waals surface area contributed by atoms with E-state index in [2.05, 4.69) is 17.0 Å². The molecule has 0 aliphatic rings. The number of carbonyl (C=O) groups is 1. The van der Waals surface area contributed by atoms with Gasteiger partial charge in [-0.3, -0.25) is 14.4 Å². The summed E-state index contributed by atoms with van der Waals surface area (Å²) in [6.45, 7) is 7.69. The molecule has 1 heterocycles. The molecule has 104 valence electrons. The number of aryl methyl sites for hydroxylation is 2. The van der Waals surface area contributed by atoms with Gasteiger partial charge in [0.2, 0.25) is 0 Å². The van der Waals surface area contributed by atoms with Crippen LogP contribution < -0.4 is 11.0 Å². The molecular formula is C14H20N2O3. The number of aromatic amines is 1. The zero-order valence-corrected chi connectivity index (χ0v) is 11.4. The number of amides is 1. The summed E-state index contributed by atoms with van der Waals surface area (Å²) in [7, 11) is 0. The van der Waals surface area contributed by atoms with Crippen molar-refractivity contribution in [3.8, 4) is 0 Å². The Bertz CT molecular complexity index is 506. The Morgan fingerprint density at radius 2 is 2.26 bits per heavy atom. The van der Waals surface area contributed by atoms with Gasteiger partial charge < -0.3 is 4.98 Å². The smallest absolute Gasteiger partial charge is 0.280 e. The van der Waals surface area contributed by atoms with E-state index in [0.29, 0.717) is 0 Å². The lowest BCUT2D eigenvalue weighted by Gasteiger charge is -2.09. The van der Waals surface area contributed by atoms with Gasteiger partial charge in [0.15, 0.2) is 0 Å². The SMILES string of the molecule is C=CCONC(=O)c1cc(CC)c(CCC)[nH]c1=O. The molecule has 1 aromatic heterocycles. The number of carbonyl (C=O) groups excluding carboxylic acids is 1. The highest BCUT2D eigenvalue weighted by molar-refractivity contribution is 5.93. The first kappa shape index (κ1) is 15.2. The second-order valence-electron chi connectivity index (χ2n) is 4.15. The minimum Gasteiger partial charge on any atom is -0.325 e. The van der Waals surface area contributed by atoms with Gasteiger partial charge in [-0.1, -0.05) is 26.3 Å². The topological polar surface area (TPSA) is 71.2 Å². The fourth-order valence-corrected chi connectivity index (χ4v) is 1.79. The number of rotatable bonds is 7. The first-order valence-corrected chi connectivity index (χ1v) is 6.42. The number of H-pyrrole nitrogens is 1. The Morgan fingerprint density at radius 1 is 1.53 bits per heavy atom. The van der Waals surface area contributed by atoms with Gasteiger partial charge in [-0.05, 0) is 24.5 Å². The Kier molecular flexibility index (Phi) is 6.02. The molecule has 0 atom stereocenters. The largest absolute Gasteiger partial charge is 0.325 e. The van der Waals surface area contributed by atoms with E-state index in [1.54, 1.807) is 6.07 Å². The van der Waals surface area contributed by atoms with E-state index in [0.717, 1.165) is 30.5 Å². The third-order valence-electron chi connectivity index (χ3n) is 2.71. The fourth-order valence-electron chi connectivity index (χ4n) is 1.79.